The van der Waals surface area contributed by atoms with Gasteiger partial charge in [0.1, 0.15) is 12.1 Å². The van der Waals surface area contributed by atoms with Crippen molar-refractivity contribution in [2.75, 3.05) is 12.0 Å². The number of nitrogens with one attached hydrogen (secondary N) is 3. The molecule has 0 rings (SSSR count). The predicted molar refractivity (Wildman–Crippen MR) is 110 cm³/mol. The van der Waals surface area contributed by atoms with E-state index < -0.39 is 59.9 Å². The van der Waals surface area contributed by atoms with E-state index >= 15 is 0 Å². The molecule has 172 valence electrons. The van der Waals surface area contributed by atoms with Crippen LogP contribution in [0.2, 0.25) is 0 Å². The van der Waals surface area contributed by atoms with Gasteiger partial charge in [0.25, 0.3) is 0 Å². The van der Waals surface area contributed by atoms with Crippen LogP contribution in [0.3, 0.4) is 0 Å². The number of aliphatic hydroxyl groups is 1. The van der Waals surface area contributed by atoms with Gasteiger partial charge in [-0.25, -0.2) is 4.79 Å². The van der Waals surface area contributed by atoms with Crippen LogP contribution in [0.5, 0.6) is 0 Å². The van der Waals surface area contributed by atoms with E-state index in [9.17, 15) is 29.1 Å². The van der Waals surface area contributed by atoms with E-state index in [1.807, 2.05) is 0 Å². The zero-order valence-electron chi connectivity index (χ0n) is 17.2. The highest BCUT2D eigenvalue weighted by Crippen LogP contribution is 2.04. The number of carboxylic acid groups (broad SMARTS) is 1. The first-order chi connectivity index (χ1) is 13.9. The van der Waals surface area contributed by atoms with Gasteiger partial charge in [-0.3, -0.25) is 19.2 Å². The number of nitrogens with two attached hydrogens (primary N) is 2. The first kappa shape index (κ1) is 27.6. The number of primary amides is 1. The van der Waals surface area contributed by atoms with Crippen molar-refractivity contribution in [3.8, 4) is 0 Å². The second-order valence-electron chi connectivity index (χ2n) is 6.75. The van der Waals surface area contributed by atoms with E-state index in [0.29, 0.717) is 5.75 Å². The maximum absolute atomic E-state index is 12.4. The smallest absolute Gasteiger partial charge is 0.328 e. The largest absolute Gasteiger partial charge is 0.480 e. The summed E-state index contributed by atoms with van der Waals surface area (Å²) in [7, 11) is 0. The number of rotatable bonds is 14. The molecule has 0 saturated heterocycles. The van der Waals surface area contributed by atoms with E-state index in [-0.39, 0.29) is 19.3 Å². The number of carboxylic acids is 1. The Balaban J connectivity index is 4.99. The Morgan fingerprint density at radius 1 is 0.967 bits per heavy atom. The highest BCUT2D eigenvalue weighted by Gasteiger charge is 2.30. The number of thioether (sulfide) groups is 1. The zero-order valence-corrected chi connectivity index (χ0v) is 18.0. The van der Waals surface area contributed by atoms with E-state index in [1.54, 1.807) is 6.26 Å². The molecule has 0 aromatic rings. The lowest BCUT2D eigenvalue weighted by molar-refractivity contribution is -0.145. The van der Waals surface area contributed by atoms with Gasteiger partial charge in [-0.15, -0.1) is 0 Å². The summed E-state index contributed by atoms with van der Waals surface area (Å²) in [5.74, 6) is -3.66. The summed E-state index contributed by atoms with van der Waals surface area (Å²) in [6.07, 6.45) is 0.583. The molecule has 5 unspecified atom stereocenters. The summed E-state index contributed by atoms with van der Waals surface area (Å²) in [6.45, 7) is 2.60. The summed E-state index contributed by atoms with van der Waals surface area (Å²) >= 11 is 1.42. The van der Waals surface area contributed by atoms with Gasteiger partial charge in [0.15, 0.2) is 6.04 Å². The topological polar surface area (TPSA) is 214 Å². The van der Waals surface area contributed by atoms with Crippen LogP contribution in [-0.2, 0) is 24.0 Å². The van der Waals surface area contributed by atoms with Crippen molar-refractivity contribution in [3.05, 3.63) is 0 Å². The van der Waals surface area contributed by atoms with Gasteiger partial charge >= 0.3 is 5.97 Å². The van der Waals surface area contributed by atoms with Crippen LogP contribution in [0.1, 0.15) is 33.1 Å². The number of carbonyl (C=O) groups excluding carboxylic acids is 4. The monoisotopic (exact) mass is 449 g/mol. The van der Waals surface area contributed by atoms with E-state index in [4.69, 9.17) is 16.6 Å². The van der Waals surface area contributed by atoms with Gasteiger partial charge in [-0.1, -0.05) is 0 Å². The first-order valence-corrected chi connectivity index (χ1v) is 10.6. The summed E-state index contributed by atoms with van der Waals surface area (Å²) in [5.41, 5.74) is 10.6. The first-order valence-electron chi connectivity index (χ1n) is 9.25. The lowest BCUT2D eigenvalue weighted by atomic mass is 10.1. The van der Waals surface area contributed by atoms with Gasteiger partial charge in [0, 0.05) is 6.42 Å². The Morgan fingerprint density at radius 3 is 2.03 bits per heavy atom. The maximum Gasteiger partial charge on any atom is 0.328 e. The summed E-state index contributed by atoms with van der Waals surface area (Å²) in [5, 5.41) is 25.6. The van der Waals surface area contributed by atoms with E-state index in [0.717, 1.165) is 0 Å². The van der Waals surface area contributed by atoms with Crippen LogP contribution in [0.4, 0.5) is 0 Å². The van der Waals surface area contributed by atoms with Gasteiger partial charge in [-0.05, 0) is 38.7 Å². The normalized spacial score (nSPS) is 15.8. The fourth-order valence-electron chi connectivity index (χ4n) is 2.26. The summed E-state index contributed by atoms with van der Waals surface area (Å²) in [6, 6.07) is -4.69. The summed E-state index contributed by atoms with van der Waals surface area (Å²) < 4.78 is 0. The van der Waals surface area contributed by atoms with Crippen molar-refractivity contribution >= 4 is 41.4 Å². The molecule has 0 saturated carbocycles. The molecule has 12 nitrogen and oxygen atoms in total. The van der Waals surface area contributed by atoms with E-state index in [1.165, 1.54) is 25.6 Å². The van der Waals surface area contributed by atoms with Crippen molar-refractivity contribution in [2.45, 2.75) is 63.4 Å². The molecule has 0 aromatic carbocycles. The number of hydrogen-bond donors (Lipinski definition) is 7. The molecule has 0 fully saturated rings. The highest BCUT2D eigenvalue weighted by atomic mass is 32.2. The van der Waals surface area contributed by atoms with Gasteiger partial charge in [0.05, 0.1) is 12.1 Å². The Bertz CT molecular complexity index is 632. The van der Waals surface area contributed by atoms with Crippen molar-refractivity contribution in [1.29, 1.82) is 0 Å². The van der Waals surface area contributed by atoms with Gasteiger partial charge < -0.3 is 37.6 Å². The van der Waals surface area contributed by atoms with Crippen LogP contribution >= 0.6 is 11.8 Å². The Kier molecular flexibility index (Phi) is 12.7. The average molecular weight is 450 g/mol. The molecule has 9 N–H and O–H groups in total. The van der Waals surface area contributed by atoms with Crippen molar-refractivity contribution in [3.63, 3.8) is 0 Å². The molecule has 0 radical (unpaired) electrons. The minimum absolute atomic E-state index is 0.0180. The molecule has 30 heavy (non-hydrogen) atoms. The molecule has 13 heteroatoms. The van der Waals surface area contributed by atoms with Crippen LogP contribution in [0.15, 0.2) is 0 Å². The SMILES string of the molecule is CSCCC(NC(=O)C(C)NC(=O)C(N)CCC(N)=O)C(=O)NC(C(=O)O)C(C)O. The van der Waals surface area contributed by atoms with Crippen molar-refractivity contribution < 1.29 is 34.2 Å². The third-order valence-electron chi connectivity index (χ3n) is 4.08. The highest BCUT2D eigenvalue weighted by molar-refractivity contribution is 7.98. The molecule has 0 aromatic heterocycles. The van der Waals surface area contributed by atoms with Gasteiger partial charge in [0.2, 0.25) is 23.6 Å². The lowest BCUT2D eigenvalue weighted by Crippen LogP contribution is -2.57. The Hall–Kier alpha value is -2.38. The van der Waals surface area contributed by atoms with Crippen molar-refractivity contribution in [2.24, 2.45) is 11.5 Å². The van der Waals surface area contributed by atoms with Crippen LogP contribution < -0.4 is 27.4 Å². The fourth-order valence-corrected chi connectivity index (χ4v) is 2.73. The third-order valence-corrected chi connectivity index (χ3v) is 4.72. The lowest BCUT2D eigenvalue weighted by Gasteiger charge is -2.24. The second-order valence-corrected chi connectivity index (χ2v) is 7.74. The molecule has 0 aliphatic rings. The molecular weight excluding hydrogens is 418 g/mol. The van der Waals surface area contributed by atoms with Crippen molar-refractivity contribution in [1.82, 2.24) is 16.0 Å². The Labute approximate surface area is 178 Å². The maximum atomic E-state index is 12.4. The minimum atomic E-state index is -1.54. The number of aliphatic hydroxyl groups excluding tert-OH is 1. The fraction of sp³-hybridized carbons (Fsp3) is 0.706. The van der Waals surface area contributed by atoms with Gasteiger partial charge in [-0.2, -0.15) is 11.8 Å². The number of hydrogen-bond acceptors (Lipinski definition) is 8. The molecule has 0 spiro atoms. The molecule has 4 amide bonds. The second kappa shape index (κ2) is 13.8. The molecule has 0 aliphatic carbocycles. The molecule has 0 aliphatic heterocycles. The molecule has 5 atom stereocenters. The standard InChI is InChI=1S/C17H31N5O7S/c1-8(20-15(26)10(18)4-5-12(19)24)14(25)21-11(6-7-30-3)16(27)22-13(9(2)23)17(28)29/h8-11,13,23H,4-7,18H2,1-3H3,(H2,19,24)(H,20,26)(H,21,25)(H,22,27)(H,28,29). The quantitative estimate of drug-likeness (QED) is 0.146. The number of aliphatic carboxylic acids is 1. The average Bonchev–Trinajstić information content (AvgIpc) is 2.65. The summed E-state index contributed by atoms with van der Waals surface area (Å²) in [4.78, 5) is 58.8. The molecular formula is C17H31N5O7S. The molecule has 0 bridgehead atoms. The number of amides is 4. The minimum Gasteiger partial charge on any atom is -0.480 e. The predicted octanol–water partition coefficient (Wildman–Crippen LogP) is -2.73. The third kappa shape index (κ3) is 10.4. The number of carbonyl (C=O) groups is 5. The zero-order chi connectivity index (χ0) is 23.4. The van der Waals surface area contributed by atoms with Crippen LogP contribution in [-0.4, -0.2) is 82.1 Å². The van der Waals surface area contributed by atoms with Crippen LogP contribution in [0.25, 0.3) is 0 Å². The van der Waals surface area contributed by atoms with Crippen LogP contribution in [0, 0.1) is 0 Å². The Morgan fingerprint density at radius 2 is 1.57 bits per heavy atom. The van der Waals surface area contributed by atoms with E-state index in [2.05, 4.69) is 16.0 Å². The molecule has 0 heterocycles.